The highest BCUT2D eigenvalue weighted by Crippen LogP contribution is 2.24. The number of H-pyrrole nitrogens is 1. The first-order chi connectivity index (χ1) is 13.6. The van der Waals surface area contributed by atoms with Gasteiger partial charge in [0.2, 0.25) is 0 Å². The molecule has 3 aromatic carbocycles. The van der Waals surface area contributed by atoms with Gasteiger partial charge in [0, 0.05) is 16.8 Å². The molecular weight excluding hydrogens is 350 g/mol. The minimum absolute atomic E-state index is 0.157. The quantitative estimate of drug-likeness (QED) is 0.507. The number of para-hydroxylation sites is 1. The van der Waals surface area contributed by atoms with Gasteiger partial charge in [-0.3, -0.25) is 4.79 Å². The maximum absolute atomic E-state index is 12.4. The van der Waals surface area contributed by atoms with Gasteiger partial charge in [0.15, 0.2) is 0 Å². The Morgan fingerprint density at radius 3 is 2.46 bits per heavy atom. The second-order valence-electron chi connectivity index (χ2n) is 6.55. The Morgan fingerprint density at radius 2 is 1.79 bits per heavy atom. The predicted molar refractivity (Wildman–Crippen MR) is 112 cm³/mol. The number of carbonyl (C=O) groups is 1. The highest BCUT2D eigenvalue weighted by atomic mass is 16.5. The molecule has 0 saturated heterocycles. The number of aromatic amines is 1. The van der Waals surface area contributed by atoms with Gasteiger partial charge in [-0.2, -0.15) is 0 Å². The fraction of sp³-hybridized carbons (Fsp3) is 0.130. The number of ether oxygens (including phenoxy) is 1. The molecule has 0 fully saturated rings. The molecule has 0 bridgehead atoms. The third-order valence-electron chi connectivity index (χ3n) is 4.56. The molecule has 0 atom stereocenters. The van der Waals surface area contributed by atoms with E-state index in [0.717, 1.165) is 39.4 Å². The van der Waals surface area contributed by atoms with Crippen molar-refractivity contribution in [3.8, 4) is 17.1 Å². The first-order valence-electron chi connectivity index (χ1n) is 9.24. The third kappa shape index (κ3) is 3.60. The Hall–Kier alpha value is -3.60. The minimum Gasteiger partial charge on any atom is -0.494 e. The van der Waals surface area contributed by atoms with Crippen molar-refractivity contribution in [2.75, 3.05) is 11.9 Å². The van der Waals surface area contributed by atoms with Crippen LogP contribution in [0.5, 0.6) is 5.75 Å². The summed E-state index contributed by atoms with van der Waals surface area (Å²) in [6.45, 7) is 4.58. The number of nitrogens with zero attached hydrogens (tertiary/aromatic N) is 1. The standard InChI is InChI=1S/C23H21N3O2/c1-3-28-19-13-9-17(10-14-19)23(27)24-18-11-7-16(8-12-18)22-25-20-6-4-5-15(2)21(20)26-22/h4-14H,3H2,1-2H3,(H,24,27)(H,25,26). The molecule has 28 heavy (non-hydrogen) atoms. The molecular formula is C23H21N3O2. The number of benzene rings is 3. The van der Waals surface area contributed by atoms with Crippen molar-refractivity contribution in [2.45, 2.75) is 13.8 Å². The van der Waals surface area contributed by atoms with E-state index in [1.54, 1.807) is 24.3 Å². The van der Waals surface area contributed by atoms with E-state index in [4.69, 9.17) is 4.74 Å². The lowest BCUT2D eigenvalue weighted by atomic mass is 10.1. The average molecular weight is 371 g/mol. The van der Waals surface area contributed by atoms with E-state index in [1.807, 2.05) is 56.3 Å². The van der Waals surface area contributed by atoms with E-state index in [1.165, 1.54) is 0 Å². The first kappa shape index (κ1) is 17.8. The monoisotopic (exact) mass is 371 g/mol. The highest BCUT2D eigenvalue weighted by molar-refractivity contribution is 6.04. The number of hydrogen-bond donors (Lipinski definition) is 2. The number of rotatable bonds is 5. The van der Waals surface area contributed by atoms with Gasteiger partial charge in [-0.1, -0.05) is 12.1 Å². The second-order valence-corrected chi connectivity index (χ2v) is 6.55. The topological polar surface area (TPSA) is 67.0 Å². The van der Waals surface area contributed by atoms with Gasteiger partial charge in [0.25, 0.3) is 5.91 Å². The molecule has 0 aliphatic carbocycles. The largest absolute Gasteiger partial charge is 0.494 e. The van der Waals surface area contributed by atoms with E-state index in [-0.39, 0.29) is 5.91 Å². The zero-order valence-electron chi connectivity index (χ0n) is 15.8. The number of carbonyl (C=O) groups excluding carboxylic acids is 1. The minimum atomic E-state index is -0.157. The average Bonchev–Trinajstić information content (AvgIpc) is 3.15. The maximum atomic E-state index is 12.4. The van der Waals surface area contributed by atoms with E-state index in [9.17, 15) is 4.79 Å². The smallest absolute Gasteiger partial charge is 0.255 e. The second kappa shape index (κ2) is 7.56. The van der Waals surface area contributed by atoms with Crippen LogP contribution in [0.4, 0.5) is 5.69 Å². The summed E-state index contributed by atoms with van der Waals surface area (Å²) in [5.41, 5.74) is 5.41. The summed E-state index contributed by atoms with van der Waals surface area (Å²) in [5.74, 6) is 1.41. The SMILES string of the molecule is CCOc1ccc(C(=O)Nc2ccc(-c3nc4c(C)cccc4[nH]3)cc2)cc1. The van der Waals surface area contributed by atoms with Crippen LogP contribution in [-0.2, 0) is 0 Å². The summed E-state index contributed by atoms with van der Waals surface area (Å²) in [6.07, 6.45) is 0. The van der Waals surface area contributed by atoms with E-state index < -0.39 is 0 Å². The van der Waals surface area contributed by atoms with Gasteiger partial charge in [0.05, 0.1) is 17.6 Å². The fourth-order valence-corrected chi connectivity index (χ4v) is 3.10. The predicted octanol–water partition coefficient (Wildman–Crippen LogP) is 5.19. The summed E-state index contributed by atoms with van der Waals surface area (Å²) in [5, 5.41) is 2.91. The lowest BCUT2D eigenvalue weighted by Crippen LogP contribution is -2.11. The van der Waals surface area contributed by atoms with Crippen molar-refractivity contribution in [1.29, 1.82) is 0 Å². The van der Waals surface area contributed by atoms with Crippen molar-refractivity contribution < 1.29 is 9.53 Å². The van der Waals surface area contributed by atoms with Crippen LogP contribution in [0, 0.1) is 6.92 Å². The van der Waals surface area contributed by atoms with E-state index in [0.29, 0.717) is 12.2 Å². The molecule has 0 aliphatic heterocycles. The number of imidazole rings is 1. The van der Waals surface area contributed by atoms with Gasteiger partial charge in [0.1, 0.15) is 11.6 Å². The van der Waals surface area contributed by atoms with Crippen LogP contribution in [0.15, 0.2) is 66.7 Å². The molecule has 1 heterocycles. The molecule has 4 aromatic rings. The number of nitrogens with one attached hydrogen (secondary N) is 2. The van der Waals surface area contributed by atoms with Crippen LogP contribution in [0.2, 0.25) is 0 Å². The van der Waals surface area contributed by atoms with Crippen molar-refractivity contribution in [3.05, 3.63) is 77.9 Å². The lowest BCUT2D eigenvalue weighted by Gasteiger charge is -2.07. The Labute approximate surface area is 163 Å². The van der Waals surface area contributed by atoms with Gasteiger partial charge >= 0.3 is 0 Å². The Balaban J connectivity index is 1.49. The van der Waals surface area contributed by atoms with Crippen LogP contribution < -0.4 is 10.1 Å². The van der Waals surface area contributed by atoms with Gasteiger partial charge in [-0.25, -0.2) is 4.98 Å². The normalized spacial score (nSPS) is 10.8. The van der Waals surface area contributed by atoms with Gasteiger partial charge < -0.3 is 15.0 Å². The molecule has 0 saturated carbocycles. The molecule has 1 aromatic heterocycles. The first-order valence-corrected chi connectivity index (χ1v) is 9.24. The van der Waals surface area contributed by atoms with Gasteiger partial charge in [-0.15, -0.1) is 0 Å². The zero-order valence-corrected chi connectivity index (χ0v) is 15.8. The Bertz CT molecular complexity index is 1110. The Morgan fingerprint density at radius 1 is 1.04 bits per heavy atom. The molecule has 4 rings (SSSR count). The molecule has 0 spiro atoms. The number of aromatic nitrogens is 2. The number of anilines is 1. The van der Waals surface area contributed by atoms with Crippen LogP contribution >= 0.6 is 0 Å². The lowest BCUT2D eigenvalue weighted by molar-refractivity contribution is 0.102. The molecule has 140 valence electrons. The molecule has 2 N–H and O–H groups in total. The zero-order chi connectivity index (χ0) is 19.5. The van der Waals surface area contributed by atoms with E-state index >= 15 is 0 Å². The molecule has 0 aliphatic rings. The molecule has 5 nitrogen and oxygen atoms in total. The van der Waals surface area contributed by atoms with Crippen LogP contribution in [0.3, 0.4) is 0 Å². The fourth-order valence-electron chi connectivity index (χ4n) is 3.10. The van der Waals surface area contributed by atoms with Crippen LogP contribution in [0.25, 0.3) is 22.4 Å². The maximum Gasteiger partial charge on any atom is 0.255 e. The molecule has 1 amide bonds. The third-order valence-corrected chi connectivity index (χ3v) is 4.56. The number of fused-ring (bicyclic) bond motifs is 1. The summed E-state index contributed by atoms with van der Waals surface area (Å²) in [7, 11) is 0. The van der Waals surface area contributed by atoms with Gasteiger partial charge in [-0.05, 0) is 74.0 Å². The van der Waals surface area contributed by atoms with Crippen molar-refractivity contribution >= 4 is 22.6 Å². The van der Waals surface area contributed by atoms with Crippen molar-refractivity contribution in [3.63, 3.8) is 0 Å². The Kier molecular flexibility index (Phi) is 4.81. The summed E-state index contributed by atoms with van der Waals surface area (Å²) >= 11 is 0. The van der Waals surface area contributed by atoms with E-state index in [2.05, 4.69) is 15.3 Å². The number of amides is 1. The van der Waals surface area contributed by atoms with Crippen LogP contribution in [-0.4, -0.2) is 22.5 Å². The number of hydrogen-bond acceptors (Lipinski definition) is 3. The summed E-state index contributed by atoms with van der Waals surface area (Å²) < 4.78 is 5.40. The number of aryl methyl sites for hydroxylation is 1. The van der Waals surface area contributed by atoms with Crippen LogP contribution in [0.1, 0.15) is 22.8 Å². The van der Waals surface area contributed by atoms with Crippen molar-refractivity contribution in [2.24, 2.45) is 0 Å². The molecule has 0 radical (unpaired) electrons. The molecule has 0 unspecified atom stereocenters. The summed E-state index contributed by atoms with van der Waals surface area (Å²) in [4.78, 5) is 20.5. The highest BCUT2D eigenvalue weighted by Gasteiger charge is 2.09. The molecule has 5 heteroatoms. The van der Waals surface area contributed by atoms with Crippen molar-refractivity contribution in [1.82, 2.24) is 9.97 Å². The summed E-state index contributed by atoms with van der Waals surface area (Å²) in [6, 6.07) is 20.8.